The summed E-state index contributed by atoms with van der Waals surface area (Å²) in [6.07, 6.45) is 0.133. The van der Waals surface area contributed by atoms with Gasteiger partial charge in [-0.3, -0.25) is 0 Å². The van der Waals surface area contributed by atoms with Gasteiger partial charge in [0.05, 0.1) is 17.8 Å². The van der Waals surface area contributed by atoms with E-state index >= 15 is 0 Å². The molecule has 1 heterocycles. The van der Waals surface area contributed by atoms with Crippen LogP contribution in [0.25, 0.3) is 0 Å². The number of hydrogen-bond acceptors (Lipinski definition) is 3. The molecule has 1 fully saturated rings. The van der Waals surface area contributed by atoms with Gasteiger partial charge in [0, 0.05) is 13.5 Å². The van der Waals surface area contributed by atoms with Gasteiger partial charge in [-0.2, -0.15) is 0 Å². The molecule has 1 aliphatic rings. The Morgan fingerprint density at radius 3 is 2.33 bits per heavy atom. The largest absolute Gasteiger partial charge is 0.387 e. The second-order valence-electron chi connectivity index (χ2n) is 5.86. The van der Waals surface area contributed by atoms with Crippen LogP contribution in [-0.2, 0) is 9.47 Å². The lowest BCUT2D eigenvalue weighted by atomic mass is 9.77. The minimum Gasteiger partial charge on any atom is -0.387 e. The summed E-state index contributed by atoms with van der Waals surface area (Å²) in [4.78, 5) is 0. The first-order valence-corrected chi connectivity index (χ1v) is 5.59. The van der Waals surface area contributed by atoms with E-state index in [0.717, 1.165) is 6.42 Å². The first-order valence-electron chi connectivity index (χ1n) is 5.59. The number of aliphatic hydroxyl groups excluding tert-OH is 1. The molecule has 0 aromatic heterocycles. The minimum absolute atomic E-state index is 0.0776. The molecule has 1 N–H and O–H groups in total. The lowest BCUT2D eigenvalue weighted by Crippen LogP contribution is -2.58. The van der Waals surface area contributed by atoms with Gasteiger partial charge in [0.25, 0.3) is 0 Å². The molecule has 1 aliphatic heterocycles. The van der Waals surface area contributed by atoms with E-state index in [4.69, 9.17) is 9.47 Å². The maximum Gasteiger partial charge on any atom is 0.109 e. The molecule has 0 aliphatic carbocycles. The average molecular weight is 216 g/mol. The summed E-state index contributed by atoms with van der Waals surface area (Å²) in [5, 5.41) is 10.0. The zero-order valence-corrected chi connectivity index (χ0v) is 10.7. The molecule has 0 aromatic carbocycles. The van der Waals surface area contributed by atoms with Gasteiger partial charge >= 0.3 is 0 Å². The molecule has 0 radical (unpaired) electrons. The van der Waals surface area contributed by atoms with Gasteiger partial charge < -0.3 is 14.6 Å². The van der Waals surface area contributed by atoms with Crippen LogP contribution in [0.5, 0.6) is 0 Å². The van der Waals surface area contributed by atoms with Crippen molar-refractivity contribution in [3.8, 4) is 0 Å². The highest BCUT2D eigenvalue weighted by Gasteiger charge is 2.47. The van der Waals surface area contributed by atoms with E-state index in [1.807, 2.05) is 13.8 Å². The molecule has 0 unspecified atom stereocenters. The molecule has 1 saturated heterocycles. The monoisotopic (exact) mass is 216 g/mol. The van der Waals surface area contributed by atoms with Crippen LogP contribution in [0.15, 0.2) is 0 Å². The van der Waals surface area contributed by atoms with E-state index in [1.165, 1.54) is 0 Å². The van der Waals surface area contributed by atoms with Crippen LogP contribution >= 0.6 is 0 Å². The fourth-order valence-corrected chi connectivity index (χ4v) is 2.08. The highest BCUT2D eigenvalue weighted by Crippen LogP contribution is 2.38. The number of aliphatic hydroxyl groups is 1. The zero-order valence-electron chi connectivity index (χ0n) is 10.7. The van der Waals surface area contributed by atoms with Gasteiger partial charge in [0.15, 0.2) is 0 Å². The highest BCUT2D eigenvalue weighted by molar-refractivity contribution is 4.97. The van der Waals surface area contributed by atoms with Gasteiger partial charge in [-0.25, -0.2) is 0 Å². The Morgan fingerprint density at radius 1 is 1.40 bits per heavy atom. The standard InChI is InChI=1S/C12H24O3/c1-8-10(13)12(5,14-6)7-9(15-8)11(2,3)4/h8-10,13H,7H2,1-6H3/t8-,9+,10-,12+/m0/s1. The summed E-state index contributed by atoms with van der Waals surface area (Å²) in [6.45, 7) is 10.3. The molecule has 3 heteroatoms. The Labute approximate surface area is 92.8 Å². The Bertz CT molecular complexity index is 221. The summed E-state index contributed by atoms with van der Waals surface area (Å²) >= 11 is 0. The van der Waals surface area contributed by atoms with E-state index in [2.05, 4.69) is 20.8 Å². The molecule has 0 aromatic rings. The smallest absolute Gasteiger partial charge is 0.109 e. The molecule has 15 heavy (non-hydrogen) atoms. The maximum atomic E-state index is 10.0. The summed E-state index contributed by atoms with van der Waals surface area (Å²) in [5.41, 5.74) is -0.413. The fraction of sp³-hybridized carbons (Fsp3) is 1.00. The molecule has 0 spiro atoms. The van der Waals surface area contributed by atoms with Crippen LogP contribution in [0.3, 0.4) is 0 Å². The molecular weight excluding hydrogens is 192 g/mol. The minimum atomic E-state index is -0.555. The van der Waals surface area contributed by atoms with E-state index < -0.39 is 11.7 Å². The number of hydrogen-bond donors (Lipinski definition) is 1. The van der Waals surface area contributed by atoms with E-state index in [0.29, 0.717) is 0 Å². The molecule has 0 saturated carbocycles. The zero-order chi connectivity index (χ0) is 11.9. The Balaban J connectivity index is 2.85. The summed E-state index contributed by atoms with van der Waals surface area (Å²) in [7, 11) is 1.65. The summed E-state index contributed by atoms with van der Waals surface area (Å²) < 4.78 is 11.3. The lowest BCUT2D eigenvalue weighted by molar-refractivity contribution is -0.232. The Morgan fingerprint density at radius 2 is 1.93 bits per heavy atom. The first-order chi connectivity index (χ1) is 6.70. The quantitative estimate of drug-likeness (QED) is 0.728. The van der Waals surface area contributed by atoms with E-state index in [1.54, 1.807) is 7.11 Å². The van der Waals surface area contributed by atoms with Crippen molar-refractivity contribution in [2.75, 3.05) is 7.11 Å². The topological polar surface area (TPSA) is 38.7 Å². The molecule has 90 valence electrons. The molecule has 0 amide bonds. The van der Waals surface area contributed by atoms with Gasteiger partial charge in [-0.15, -0.1) is 0 Å². The van der Waals surface area contributed by atoms with Crippen LogP contribution in [-0.4, -0.2) is 36.1 Å². The number of ether oxygens (including phenoxy) is 2. The lowest BCUT2D eigenvalue weighted by Gasteiger charge is -2.48. The third kappa shape index (κ3) is 2.52. The van der Waals surface area contributed by atoms with Gasteiger partial charge in [-0.05, 0) is 19.3 Å². The summed E-state index contributed by atoms with van der Waals surface area (Å²) in [5.74, 6) is 0. The first kappa shape index (κ1) is 12.9. The van der Waals surface area contributed by atoms with E-state index in [-0.39, 0.29) is 17.6 Å². The van der Waals surface area contributed by atoms with Gasteiger partial charge in [0.1, 0.15) is 6.10 Å². The second-order valence-corrected chi connectivity index (χ2v) is 5.86. The van der Waals surface area contributed by atoms with Crippen molar-refractivity contribution in [2.45, 2.75) is 65.0 Å². The van der Waals surface area contributed by atoms with Crippen LogP contribution in [0.1, 0.15) is 41.0 Å². The molecular formula is C12H24O3. The Hall–Kier alpha value is -0.120. The molecule has 3 nitrogen and oxygen atoms in total. The second kappa shape index (κ2) is 4.04. The molecule has 1 rings (SSSR count). The van der Waals surface area contributed by atoms with Gasteiger partial charge in [-0.1, -0.05) is 20.8 Å². The van der Waals surface area contributed by atoms with Crippen LogP contribution in [0.4, 0.5) is 0 Å². The third-order valence-corrected chi connectivity index (χ3v) is 3.47. The van der Waals surface area contributed by atoms with Crippen LogP contribution in [0, 0.1) is 5.41 Å². The Kier molecular flexibility index (Phi) is 3.49. The van der Waals surface area contributed by atoms with Crippen molar-refractivity contribution in [3.63, 3.8) is 0 Å². The number of rotatable bonds is 1. The van der Waals surface area contributed by atoms with Crippen molar-refractivity contribution in [2.24, 2.45) is 5.41 Å². The van der Waals surface area contributed by atoms with Gasteiger partial charge in [0.2, 0.25) is 0 Å². The predicted octanol–water partition coefficient (Wildman–Crippen LogP) is 1.98. The maximum absolute atomic E-state index is 10.0. The van der Waals surface area contributed by atoms with Crippen molar-refractivity contribution in [1.82, 2.24) is 0 Å². The van der Waals surface area contributed by atoms with Crippen molar-refractivity contribution in [3.05, 3.63) is 0 Å². The van der Waals surface area contributed by atoms with E-state index in [9.17, 15) is 5.11 Å². The highest BCUT2D eigenvalue weighted by atomic mass is 16.5. The van der Waals surface area contributed by atoms with Crippen LogP contribution in [0.2, 0.25) is 0 Å². The van der Waals surface area contributed by atoms with Crippen LogP contribution < -0.4 is 0 Å². The van der Waals surface area contributed by atoms with Crippen molar-refractivity contribution >= 4 is 0 Å². The van der Waals surface area contributed by atoms with Crippen molar-refractivity contribution < 1.29 is 14.6 Å². The predicted molar refractivity (Wildman–Crippen MR) is 59.8 cm³/mol. The molecule has 0 bridgehead atoms. The SMILES string of the molecule is CO[C@]1(C)C[C@H](C(C)(C)C)O[C@@H](C)[C@@H]1O. The molecule has 4 atom stereocenters. The number of methoxy groups -OCH3 is 1. The van der Waals surface area contributed by atoms with Crippen molar-refractivity contribution in [1.29, 1.82) is 0 Å². The third-order valence-electron chi connectivity index (χ3n) is 3.47. The fourth-order valence-electron chi connectivity index (χ4n) is 2.08. The summed E-state index contributed by atoms with van der Waals surface area (Å²) in [6, 6.07) is 0. The normalized spacial score (nSPS) is 43.0. The average Bonchev–Trinajstić information content (AvgIpc) is 2.12.